The molecule has 1 fully saturated rings. The Kier molecular flexibility index (Phi) is 5.44. The summed E-state index contributed by atoms with van der Waals surface area (Å²) in [5.41, 5.74) is 2.52. The van der Waals surface area contributed by atoms with Gasteiger partial charge in [-0.05, 0) is 6.92 Å². The van der Waals surface area contributed by atoms with Crippen molar-refractivity contribution >= 4 is 27.8 Å². The van der Waals surface area contributed by atoms with Crippen LogP contribution in [0.4, 0.5) is 10.2 Å². The number of H-pyrrole nitrogens is 1. The SMILES string of the molecule is C[C@H](Nc1ncnc2[nH]cnc12)c1nc(CCN2CCOCC2)c2ccccc2c1F. The maximum Gasteiger partial charge on any atom is 0.162 e. The highest BCUT2D eigenvalue weighted by Crippen LogP contribution is 2.29. The molecule has 31 heavy (non-hydrogen) atoms. The van der Waals surface area contributed by atoms with E-state index in [2.05, 4.69) is 30.2 Å². The molecule has 1 saturated heterocycles. The first-order valence-corrected chi connectivity index (χ1v) is 10.5. The van der Waals surface area contributed by atoms with Crippen LogP contribution in [0.2, 0.25) is 0 Å². The molecule has 0 saturated carbocycles. The molecule has 1 atom stereocenters. The molecule has 2 N–H and O–H groups in total. The number of nitrogens with one attached hydrogen (secondary N) is 2. The number of nitrogens with zero attached hydrogens (tertiary/aromatic N) is 5. The first-order chi connectivity index (χ1) is 15.2. The van der Waals surface area contributed by atoms with Gasteiger partial charge in [-0.3, -0.25) is 9.88 Å². The Bertz CT molecular complexity index is 1210. The predicted octanol–water partition coefficient (Wildman–Crippen LogP) is 3.09. The van der Waals surface area contributed by atoms with Crippen LogP contribution < -0.4 is 5.32 Å². The summed E-state index contributed by atoms with van der Waals surface area (Å²) < 4.78 is 20.9. The van der Waals surface area contributed by atoms with Crippen LogP contribution in [-0.4, -0.2) is 62.7 Å². The normalized spacial score (nSPS) is 16.1. The second kappa shape index (κ2) is 8.52. The number of morpholine rings is 1. The number of anilines is 1. The van der Waals surface area contributed by atoms with Crippen molar-refractivity contribution in [2.45, 2.75) is 19.4 Å². The first-order valence-electron chi connectivity index (χ1n) is 10.5. The van der Waals surface area contributed by atoms with E-state index in [9.17, 15) is 0 Å². The van der Waals surface area contributed by atoms with Gasteiger partial charge in [0.2, 0.25) is 0 Å². The van der Waals surface area contributed by atoms with Gasteiger partial charge < -0.3 is 15.0 Å². The van der Waals surface area contributed by atoms with E-state index in [1.54, 1.807) is 6.33 Å². The topological polar surface area (TPSA) is 91.9 Å². The van der Waals surface area contributed by atoms with E-state index in [4.69, 9.17) is 9.72 Å². The Morgan fingerprint density at radius 2 is 1.97 bits per heavy atom. The number of pyridine rings is 1. The van der Waals surface area contributed by atoms with E-state index < -0.39 is 6.04 Å². The van der Waals surface area contributed by atoms with Crippen molar-refractivity contribution in [2.24, 2.45) is 0 Å². The average molecular weight is 421 g/mol. The van der Waals surface area contributed by atoms with E-state index in [-0.39, 0.29) is 5.82 Å². The van der Waals surface area contributed by atoms with Crippen LogP contribution in [0.1, 0.15) is 24.4 Å². The molecule has 0 aliphatic carbocycles. The third-order valence-corrected chi connectivity index (χ3v) is 5.70. The van der Waals surface area contributed by atoms with Gasteiger partial charge >= 0.3 is 0 Å². The summed E-state index contributed by atoms with van der Waals surface area (Å²) in [6, 6.07) is 7.15. The molecule has 1 aromatic carbocycles. The lowest BCUT2D eigenvalue weighted by Gasteiger charge is -2.26. The van der Waals surface area contributed by atoms with Crippen LogP contribution in [0.15, 0.2) is 36.9 Å². The van der Waals surface area contributed by atoms with Crippen LogP contribution in [-0.2, 0) is 11.2 Å². The summed E-state index contributed by atoms with van der Waals surface area (Å²) in [6.45, 7) is 6.09. The standard InChI is InChI=1S/C22H24FN7O/c1-14(28-22-20-21(25-12-24-20)26-13-27-22)19-18(23)16-5-3-2-4-15(16)17(29-19)6-7-30-8-10-31-11-9-30/h2-5,12-14H,6-11H2,1H3,(H2,24,25,26,27,28)/t14-/m0/s1. The molecule has 1 aliphatic heterocycles. The fourth-order valence-electron chi connectivity index (χ4n) is 4.03. The Labute approximate surface area is 178 Å². The minimum atomic E-state index is -0.401. The van der Waals surface area contributed by atoms with Crippen LogP contribution in [0.25, 0.3) is 21.9 Å². The highest BCUT2D eigenvalue weighted by Gasteiger charge is 2.21. The molecule has 1 aliphatic rings. The number of fused-ring (bicyclic) bond motifs is 2. The van der Waals surface area contributed by atoms with Gasteiger partial charge in [0.25, 0.3) is 0 Å². The van der Waals surface area contributed by atoms with Gasteiger partial charge in [0.15, 0.2) is 17.3 Å². The molecule has 4 heterocycles. The van der Waals surface area contributed by atoms with Crippen molar-refractivity contribution in [3.8, 4) is 0 Å². The highest BCUT2D eigenvalue weighted by atomic mass is 19.1. The fraction of sp³-hybridized carbons (Fsp3) is 0.364. The maximum absolute atomic E-state index is 15.5. The van der Waals surface area contributed by atoms with Crippen molar-refractivity contribution < 1.29 is 9.13 Å². The number of ether oxygens (including phenoxy) is 1. The van der Waals surface area contributed by atoms with Crippen molar-refractivity contribution in [2.75, 3.05) is 38.2 Å². The number of rotatable bonds is 6. The van der Waals surface area contributed by atoms with E-state index >= 15 is 4.39 Å². The molecule has 4 aromatic rings. The first kappa shape index (κ1) is 19.8. The maximum atomic E-state index is 15.5. The summed E-state index contributed by atoms with van der Waals surface area (Å²) in [5, 5.41) is 4.71. The summed E-state index contributed by atoms with van der Waals surface area (Å²) in [5.74, 6) is 0.237. The van der Waals surface area contributed by atoms with E-state index in [0.29, 0.717) is 28.1 Å². The number of hydrogen-bond donors (Lipinski definition) is 2. The van der Waals surface area contributed by atoms with Gasteiger partial charge in [-0.15, -0.1) is 0 Å². The van der Waals surface area contributed by atoms with Gasteiger partial charge in [0.05, 0.1) is 37.0 Å². The number of halogens is 1. The Balaban J connectivity index is 1.47. The average Bonchev–Trinajstić information content (AvgIpc) is 3.29. The minimum Gasteiger partial charge on any atom is -0.379 e. The van der Waals surface area contributed by atoms with Crippen molar-refractivity contribution in [1.29, 1.82) is 0 Å². The van der Waals surface area contributed by atoms with E-state index in [1.165, 1.54) is 6.33 Å². The molecule has 5 rings (SSSR count). The summed E-state index contributed by atoms with van der Waals surface area (Å²) >= 11 is 0. The van der Waals surface area contributed by atoms with E-state index in [0.717, 1.165) is 50.3 Å². The Hall–Kier alpha value is -3.17. The zero-order valence-electron chi connectivity index (χ0n) is 17.3. The Morgan fingerprint density at radius 3 is 2.81 bits per heavy atom. The molecular weight excluding hydrogens is 397 g/mol. The number of hydrogen-bond acceptors (Lipinski definition) is 7. The number of imidazole rings is 1. The van der Waals surface area contributed by atoms with Gasteiger partial charge in [-0.1, -0.05) is 24.3 Å². The second-order valence-corrected chi connectivity index (χ2v) is 7.70. The lowest BCUT2D eigenvalue weighted by Crippen LogP contribution is -2.37. The van der Waals surface area contributed by atoms with Gasteiger partial charge in [0, 0.05) is 36.8 Å². The molecule has 0 amide bonds. The largest absolute Gasteiger partial charge is 0.379 e. The lowest BCUT2D eigenvalue weighted by atomic mass is 10.0. The molecule has 0 spiro atoms. The molecule has 0 bridgehead atoms. The van der Waals surface area contributed by atoms with Gasteiger partial charge in [-0.2, -0.15) is 0 Å². The number of benzene rings is 1. The van der Waals surface area contributed by atoms with Crippen molar-refractivity contribution in [3.05, 3.63) is 54.1 Å². The second-order valence-electron chi connectivity index (χ2n) is 7.70. The zero-order chi connectivity index (χ0) is 21.2. The van der Waals surface area contributed by atoms with Gasteiger partial charge in [0.1, 0.15) is 11.8 Å². The molecule has 8 nitrogen and oxygen atoms in total. The van der Waals surface area contributed by atoms with Crippen LogP contribution in [0.5, 0.6) is 0 Å². The molecule has 160 valence electrons. The quantitative estimate of drug-likeness (QED) is 0.494. The summed E-state index contributed by atoms with van der Waals surface area (Å²) in [4.78, 5) is 22.8. The van der Waals surface area contributed by atoms with Crippen LogP contribution in [0.3, 0.4) is 0 Å². The molecular formula is C22H24FN7O. The Morgan fingerprint density at radius 1 is 1.16 bits per heavy atom. The van der Waals surface area contributed by atoms with Crippen LogP contribution >= 0.6 is 0 Å². The lowest BCUT2D eigenvalue weighted by molar-refractivity contribution is 0.0384. The van der Waals surface area contributed by atoms with Gasteiger partial charge in [-0.25, -0.2) is 19.3 Å². The molecule has 9 heteroatoms. The van der Waals surface area contributed by atoms with Crippen molar-refractivity contribution in [3.63, 3.8) is 0 Å². The predicted molar refractivity (Wildman–Crippen MR) is 116 cm³/mol. The zero-order valence-corrected chi connectivity index (χ0v) is 17.3. The molecule has 0 radical (unpaired) electrons. The molecule has 3 aromatic heterocycles. The summed E-state index contributed by atoms with van der Waals surface area (Å²) in [7, 11) is 0. The highest BCUT2D eigenvalue weighted by molar-refractivity contribution is 5.86. The number of aromatic amines is 1. The third-order valence-electron chi connectivity index (χ3n) is 5.70. The smallest absolute Gasteiger partial charge is 0.162 e. The number of aromatic nitrogens is 5. The van der Waals surface area contributed by atoms with E-state index in [1.807, 2.05) is 31.2 Å². The summed E-state index contributed by atoms with van der Waals surface area (Å²) in [6.07, 6.45) is 3.76. The minimum absolute atomic E-state index is 0.307. The van der Waals surface area contributed by atoms with Crippen LogP contribution in [0, 0.1) is 5.82 Å². The van der Waals surface area contributed by atoms with Crippen molar-refractivity contribution in [1.82, 2.24) is 29.8 Å². The molecule has 0 unspecified atom stereocenters. The fourth-order valence-corrected chi connectivity index (χ4v) is 4.03. The monoisotopic (exact) mass is 421 g/mol. The third kappa shape index (κ3) is 3.94.